The van der Waals surface area contributed by atoms with Crippen molar-refractivity contribution in [1.29, 1.82) is 0 Å². The first-order valence-corrected chi connectivity index (χ1v) is 7.87. The predicted octanol–water partition coefficient (Wildman–Crippen LogP) is 2.79. The molecule has 1 atom stereocenters. The highest BCUT2D eigenvalue weighted by molar-refractivity contribution is 9.10. The maximum atomic E-state index is 12.3. The molecule has 0 bridgehead atoms. The monoisotopic (exact) mass is 354 g/mol. The third-order valence-electron chi connectivity index (χ3n) is 3.91. The second-order valence-corrected chi connectivity index (χ2v) is 6.28. The fourth-order valence-electron chi connectivity index (χ4n) is 2.78. The number of hydrogen-bond donors (Lipinski definition) is 3. The Morgan fingerprint density at radius 1 is 1.29 bits per heavy atom. The summed E-state index contributed by atoms with van der Waals surface area (Å²) >= 11 is 3.29. The zero-order valence-corrected chi connectivity index (χ0v) is 13.2. The van der Waals surface area contributed by atoms with Crippen LogP contribution in [-0.2, 0) is 4.79 Å². The van der Waals surface area contributed by atoms with Gasteiger partial charge in [-0.3, -0.25) is 4.79 Å². The molecule has 0 aromatic heterocycles. The molecule has 1 aliphatic carbocycles. The number of aliphatic carboxylic acids is 1. The number of halogens is 1. The first-order chi connectivity index (χ1) is 9.99. The number of nitrogen functional groups attached to an aromatic ring is 1. The number of carbonyl (C=O) groups excluding carboxylic acids is 1. The van der Waals surface area contributed by atoms with Gasteiger partial charge in [0.1, 0.15) is 6.04 Å². The lowest BCUT2D eigenvalue weighted by molar-refractivity contribution is -0.141. The summed E-state index contributed by atoms with van der Waals surface area (Å²) < 4.78 is 0.599. The van der Waals surface area contributed by atoms with Crippen molar-refractivity contribution in [3.63, 3.8) is 0 Å². The molecule has 0 spiro atoms. The summed E-state index contributed by atoms with van der Waals surface area (Å²) in [4.78, 5) is 23.8. The summed E-state index contributed by atoms with van der Waals surface area (Å²) in [5, 5.41) is 12.0. The van der Waals surface area contributed by atoms with Gasteiger partial charge in [0.05, 0.1) is 5.56 Å². The van der Waals surface area contributed by atoms with Crippen LogP contribution in [0.3, 0.4) is 0 Å². The van der Waals surface area contributed by atoms with E-state index >= 15 is 0 Å². The van der Waals surface area contributed by atoms with Crippen molar-refractivity contribution >= 4 is 33.5 Å². The van der Waals surface area contributed by atoms with Gasteiger partial charge in [0.2, 0.25) is 0 Å². The summed E-state index contributed by atoms with van der Waals surface area (Å²) in [6.45, 7) is 0. The van der Waals surface area contributed by atoms with Crippen LogP contribution < -0.4 is 11.1 Å². The number of carbonyl (C=O) groups is 2. The van der Waals surface area contributed by atoms with E-state index in [9.17, 15) is 14.7 Å². The molecule has 6 heteroatoms. The molecule has 5 nitrogen and oxygen atoms in total. The van der Waals surface area contributed by atoms with Crippen LogP contribution in [0.4, 0.5) is 5.69 Å². The zero-order chi connectivity index (χ0) is 15.4. The molecule has 0 radical (unpaired) electrons. The van der Waals surface area contributed by atoms with Gasteiger partial charge in [0.25, 0.3) is 5.91 Å². The van der Waals surface area contributed by atoms with E-state index in [1.807, 2.05) is 0 Å². The van der Waals surface area contributed by atoms with Gasteiger partial charge in [0, 0.05) is 10.2 Å². The SMILES string of the molecule is Nc1ccc(Br)c(C(=O)NC(C(=O)O)C2CCCCC2)c1. The fraction of sp³-hybridized carbons (Fsp3) is 0.467. The number of benzene rings is 1. The van der Waals surface area contributed by atoms with Gasteiger partial charge in [-0.15, -0.1) is 0 Å². The molecule has 1 amide bonds. The third kappa shape index (κ3) is 3.97. The van der Waals surface area contributed by atoms with Crippen LogP contribution in [0, 0.1) is 5.92 Å². The quantitative estimate of drug-likeness (QED) is 0.724. The van der Waals surface area contributed by atoms with Gasteiger partial charge in [-0.05, 0) is 52.9 Å². The van der Waals surface area contributed by atoms with Gasteiger partial charge in [-0.1, -0.05) is 19.3 Å². The van der Waals surface area contributed by atoms with Gasteiger partial charge >= 0.3 is 5.97 Å². The lowest BCUT2D eigenvalue weighted by Gasteiger charge is -2.28. The van der Waals surface area contributed by atoms with Gasteiger partial charge in [0.15, 0.2) is 0 Å². The minimum Gasteiger partial charge on any atom is -0.480 e. The van der Waals surface area contributed by atoms with E-state index in [2.05, 4.69) is 21.2 Å². The Balaban J connectivity index is 2.14. The fourth-order valence-corrected chi connectivity index (χ4v) is 3.21. The number of carboxylic acids is 1. The normalized spacial score (nSPS) is 17.2. The molecule has 2 rings (SSSR count). The Kier molecular flexibility index (Phi) is 5.22. The van der Waals surface area contributed by atoms with Crippen molar-refractivity contribution in [3.05, 3.63) is 28.2 Å². The third-order valence-corrected chi connectivity index (χ3v) is 4.60. The van der Waals surface area contributed by atoms with Gasteiger partial charge < -0.3 is 16.2 Å². The molecule has 1 unspecified atom stereocenters. The maximum Gasteiger partial charge on any atom is 0.326 e. The minimum absolute atomic E-state index is 0.0000321. The Morgan fingerprint density at radius 2 is 1.95 bits per heavy atom. The zero-order valence-electron chi connectivity index (χ0n) is 11.6. The van der Waals surface area contributed by atoms with Crippen molar-refractivity contribution in [2.45, 2.75) is 38.1 Å². The Morgan fingerprint density at radius 3 is 2.57 bits per heavy atom. The molecule has 1 aromatic carbocycles. The summed E-state index contributed by atoms with van der Waals surface area (Å²) in [7, 11) is 0. The van der Waals surface area contributed by atoms with Crippen LogP contribution in [0.5, 0.6) is 0 Å². The Hall–Kier alpha value is -1.56. The minimum atomic E-state index is -0.977. The van der Waals surface area contributed by atoms with E-state index in [4.69, 9.17) is 5.73 Å². The molecule has 1 saturated carbocycles. The summed E-state index contributed by atoms with van der Waals surface area (Å²) in [6, 6.07) is 4.06. The molecule has 1 fully saturated rings. The van der Waals surface area contributed by atoms with Crippen LogP contribution in [-0.4, -0.2) is 23.0 Å². The number of anilines is 1. The van der Waals surface area contributed by atoms with Crippen LogP contribution in [0.25, 0.3) is 0 Å². The predicted molar refractivity (Wildman–Crippen MR) is 84.0 cm³/mol. The number of rotatable bonds is 4. The van der Waals surface area contributed by atoms with Crippen LogP contribution in [0.1, 0.15) is 42.5 Å². The highest BCUT2D eigenvalue weighted by Crippen LogP contribution is 2.27. The first kappa shape index (κ1) is 15.8. The number of hydrogen-bond acceptors (Lipinski definition) is 3. The standard InChI is InChI=1S/C15H19BrN2O3/c16-12-7-6-10(17)8-11(12)14(19)18-13(15(20)21)9-4-2-1-3-5-9/h6-9,13H,1-5,17H2,(H,18,19)(H,20,21). The first-order valence-electron chi connectivity index (χ1n) is 7.07. The Bertz CT molecular complexity index is 542. The topological polar surface area (TPSA) is 92.4 Å². The van der Waals surface area contributed by atoms with Crippen LogP contribution in [0.15, 0.2) is 22.7 Å². The van der Waals surface area contributed by atoms with Crippen molar-refractivity contribution in [2.75, 3.05) is 5.73 Å². The summed E-state index contributed by atoms with van der Waals surface area (Å²) in [6.07, 6.45) is 4.86. The average Bonchev–Trinajstić information content (AvgIpc) is 2.47. The summed E-state index contributed by atoms with van der Waals surface area (Å²) in [5.74, 6) is -1.39. The number of nitrogens with one attached hydrogen (secondary N) is 1. The highest BCUT2D eigenvalue weighted by atomic mass is 79.9. The van der Waals surface area contributed by atoms with Crippen molar-refractivity contribution in [2.24, 2.45) is 5.92 Å². The highest BCUT2D eigenvalue weighted by Gasteiger charge is 2.31. The molecule has 1 aliphatic rings. The number of carboxylic acid groups (broad SMARTS) is 1. The Labute approximate surface area is 132 Å². The maximum absolute atomic E-state index is 12.3. The second-order valence-electron chi connectivity index (χ2n) is 5.43. The van der Waals surface area contributed by atoms with E-state index in [0.717, 1.165) is 32.1 Å². The molecule has 4 N–H and O–H groups in total. The van der Waals surface area contributed by atoms with E-state index < -0.39 is 17.9 Å². The van der Waals surface area contributed by atoms with Crippen molar-refractivity contribution in [3.8, 4) is 0 Å². The van der Waals surface area contributed by atoms with E-state index in [0.29, 0.717) is 15.7 Å². The van der Waals surface area contributed by atoms with E-state index in [1.54, 1.807) is 18.2 Å². The molecular formula is C15H19BrN2O3. The van der Waals surface area contributed by atoms with Crippen molar-refractivity contribution < 1.29 is 14.7 Å². The molecule has 21 heavy (non-hydrogen) atoms. The molecule has 0 saturated heterocycles. The number of nitrogens with two attached hydrogens (primary N) is 1. The molecule has 1 aromatic rings. The lowest BCUT2D eigenvalue weighted by atomic mass is 9.84. The average molecular weight is 355 g/mol. The second kappa shape index (κ2) is 6.93. The van der Waals surface area contributed by atoms with E-state index in [1.165, 1.54) is 0 Å². The summed E-state index contributed by atoms with van der Waals surface area (Å²) in [5.41, 5.74) is 6.51. The number of amides is 1. The van der Waals surface area contributed by atoms with E-state index in [-0.39, 0.29) is 5.92 Å². The lowest BCUT2D eigenvalue weighted by Crippen LogP contribution is -2.46. The largest absolute Gasteiger partial charge is 0.480 e. The molecule has 0 heterocycles. The van der Waals surface area contributed by atoms with Crippen LogP contribution >= 0.6 is 15.9 Å². The van der Waals surface area contributed by atoms with Gasteiger partial charge in [-0.2, -0.15) is 0 Å². The smallest absolute Gasteiger partial charge is 0.326 e. The molecule has 0 aliphatic heterocycles. The molecular weight excluding hydrogens is 336 g/mol. The van der Waals surface area contributed by atoms with Crippen LogP contribution in [0.2, 0.25) is 0 Å². The van der Waals surface area contributed by atoms with Crippen molar-refractivity contribution in [1.82, 2.24) is 5.32 Å². The van der Waals surface area contributed by atoms with Gasteiger partial charge in [-0.25, -0.2) is 4.79 Å². The molecule has 114 valence electrons.